The number of aromatic nitrogens is 3. The first-order valence-corrected chi connectivity index (χ1v) is 8.78. The molecule has 0 radical (unpaired) electrons. The number of nitrogens with one attached hydrogen (secondary N) is 1. The lowest BCUT2D eigenvalue weighted by Gasteiger charge is -2.24. The van der Waals surface area contributed by atoms with Crippen molar-refractivity contribution in [3.8, 4) is 23.6 Å². The van der Waals surface area contributed by atoms with Crippen molar-refractivity contribution in [2.45, 2.75) is 6.42 Å². The molecule has 9 heteroatoms. The van der Waals surface area contributed by atoms with Crippen LogP contribution in [0.2, 0.25) is 0 Å². The monoisotopic (exact) mass is 389 g/mol. The molecule has 144 valence electrons. The number of hydrogen-bond acceptors (Lipinski definition) is 7. The van der Waals surface area contributed by atoms with Gasteiger partial charge in [-0.2, -0.15) is 14.9 Å². The zero-order valence-corrected chi connectivity index (χ0v) is 15.3. The van der Waals surface area contributed by atoms with E-state index in [4.69, 9.17) is 15.7 Å². The second kappa shape index (κ2) is 7.79. The van der Waals surface area contributed by atoms with Gasteiger partial charge in [-0.1, -0.05) is 5.92 Å². The number of anilines is 2. The van der Waals surface area contributed by atoms with Crippen LogP contribution in [0.25, 0.3) is 5.69 Å². The third kappa shape index (κ3) is 3.89. The molecule has 0 saturated carbocycles. The second-order valence-electron chi connectivity index (χ2n) is 6.17. The standard InChI is InChI=1S/C20H16FN7O/c21-17-12-14(13-22)4-7-18(17)28-19(23)25-20(26-28)24-15-2-1-3-16(6-5-15)27-8-10-29-11-9-27/h4-8,10,12H,3,9,11H2,(H3,23,24,25,26). The van der Waals surface area contributed by atoms with Crippen LogP contribution in [0.15, 0.2) is 54.2 Å². The number of halogens is 1. The van der Waals surface area contributed by atoms with Gasteiger partial charge in [-0.05, 0) is 36.3 Å². The molecule has 0 bridgehead atoms. The van der Waals surface area contributed by atoms with Crippen LogP contribution in [-0.4, -0.2) is 32.8 Å². The summed E-state index contributed by atoms with van der Waals surface area (Å²) < 4.78 is 20.6. The molecule has 0 unspecified atom stereocenters. The van der Waals surface area contributed by atoms with Gasteiger partial charge in [0.2, 0.25) is 11.9 Å². The molecule has 1 aromatic heterocycles. The van der Waals surface area contributed by atoms with Gasteiger partial charge in [0.1, 0.15) is 18.1 Å². The lowest BCUT2D eigenvalue weighted by molar-refractivity contribution is 0.189. The number of hydrogen-bond donors (Lipinski definition) is 2. The summed E-state index contributed by atoms with van der Waals surface area (Å²) in [4.78, 5) is 6.20. The molecule has 0 amide bonds. The maximum atomic E-state index is 14.3. The zero-order chi connectivity index (χ0) is 20.2. The Labute approximate surface area is 166 Å². The highest BCUT2D eigenvalue weighted by molar-refractivity contribution is 5.51. The van der Waals surface area contributed by atoms with Gasteiger partial charge in [0, 0.05) is 18.3 Å². The van der Waals surface area contributed by atoms with Gasteiger partial charge in [0.05, 0.1) is 30.1 Å². The lowest BCUT2D eigenvalue weighted by Crippen LogP contribution is -2.24. The molecular formula is C20H16FN7O. The first-order chi connectivity index (χ1) is 14.1. The number of benzene rings is 1. The first-order valence-electron chi connectivity index (χ1n) is 8.78. The van der Waals surface area contributed by atoms with Crippen LogP contribution in [-0.2, 0) is 4.74 Å². The summed E-state index contributed by atoms with van der Waals surface area (Å²) in [5.41, 5.74) is 7.84. The van der Waals surface area contributed by atoms with E-state index < -0.39 is 5.82 Å². The van der Waals surface area contributed by atoms with Crippen LogP contribution in [0.4, 0.5) is 16.3 Å². The molecule has 2 aromatic rings. The van der Waals surface area contributed by atoms with Crippen molar-refractivity contribution < 1.29 is 9.13 Å². The molecule has 0 spiro atoms. The summed E-state index contributed by atoms with van der Waals surface area (Å²) >= 11 is 0. The van der Waals surface area contributed by atoms with E-state index in [2.05, 4.69) is 32.1 Å². The van der Waals surface area contributed by atoms with Crippen LogP contribution in [0.1, 0.15) is 12.0 Å². The molecule has 2 aliphatic rings. The Morgan fingerprint density at radius 3 is 3.00 bits per heavy atom. The molecule has 4 rings (SSSR count). The third-order valence-corrected chi connectivity index (χ3v) is 4.27. The number of allylic oxidation sites excluding steroid dienone is 4. The summed E-state index contributed by atoms with van der Waals surface area (Å²) in [6, 6.07) is 5.92. The molecule has 1 aliphatic heterocycles. The van der Waals surface area contributed by atoms with E-state index >= 15 is 0 Å². The molecule has 0 saturated heterocycles. The normalized spacial score (nSPS) is 15.2. The minimum atomic E-state index is -0.619. The van der Waals surface area contributed by atoms with Crippen molar-refractivity contribution in [3.05, 3.63) is 65.6 Å². The smallest absolute Gasteiger partial charge is 0.249 e. The van der Waals surface area contributed by atoms with E-state index in [0.717, 1.165) is 18.3 Å². The van der Waals surface area contributed by atoms with Crippen LogP contribution in [0.3, 0.4) is 0 Å². The number of nitrogens with two attached hydrogens (primary N) is 1. The van der Waals surface area contributed by atoms with Gasteiger partial charge >= 0.3 is 0 Å². The summed E-state index contributed by atoms with van der Waals surface area (Å²) in [6.07, 6.45) is 7.91. The van der Waals surface area contributed by atoms with E-state index in [1.54, 1.807) is 6.26 Å². The number of nitrogens with zero attached hydrogens (tertiary/aromatic N) is 5. The van der Waals surface area contributed by atoms with Crippen molar-refractivity contribution in [2.75, 3.05) is 24.2 Å². The minimum absolute atomic E-state index is 0.00738. The topological polar surface area (TPSA) is 105 Å². The average molecular weight is 389 g/mol. The zero-order valence-electron chi connectivity index (χ0n) is 15.3. The fraction of sp³-hybridized carbons (Fsp3) is 0.150. The van der Waals surface area contributed by atoms with Crippen molar-refractivity contribution in [1.29, 1.82) is 5.26 Å². The Morgan fingerprint density at radius 2 is 2.24 bits per heavy atom. The lowest BCUT2D eigenvalue weighted by atomic mass is 10.2. The van der Waals surface area contributed by atoms with Crippen LogP contribution >= 0.6 is 0 Å². The van der Waals surface area contributed by atoms with Crippen LogP contribution in [0.5, 0.6) is 0 Å². The second-order valence-corrected chi connectivity index (χ2v) is 6.17. The Bertz CT molecular complexity index is 1140. The molecule has 0 atom stereocenters. The summed E-state index contributed by atoms with van der Waals surface area (Å²) in [7, 11) is 0. The molecule has 1 aromatic carbocycles. The Morgan fingerprint density at radius 1 is 1.34 bits per heavy atom. The minimum Gasteiger partial charge on any atom is -0.498 e. The molecule has 3 N–H and O–H groups in total. The van der Waals surface area contributed by atoms with Gasteiger partial charge in [0.25, 0.3) is 0 Å². The maximum Gasteiger partial charge on any atom is 0.249 e. The molecule has 29 heavy (non-hydrogen) atoms. The fourth-order valence-corrected chi connectivity index (χ4v) is 2.85. The van der Waals surface area contributed by atoms with Crippen molar-refractivity contribution >= 4 is 11.9 Å². The van der Waals surface area contributed by atoms with Gasteiger partial charge in [-0.25, -0.2) is 4.39 Å². The fourth-order valence-electron chi connectivity index (χ4n) is 2.85. The van der Waals surface area contributed by atoms with E-state index in [9.17, 15) is 4.39 Å². The number of ether oxygens (including phenoxy) is 1. The molecule has 2 heterocycles. The van der Waals surface area contributed by atoms with Gasteiger partial charge in [-0.15, -0.1) is 5.10 Å². The Hall–Kier alpha value is -4.24. The van der Waals surface area contributed by atoms with E-state index in [1.165, 1.54) is 16.8 Å². The molecule has 0 fully saturated rings. The Kier molecular flexibility index (Phi) is 4.87. The number of rotatable bonds is 4. The summed E-state index contributed by atoms with van der Waals surface area (Å²) in [6.45, 7) is 1.39. The largest absolute Gasteiger partial charge is 0.498 e. The van der Waals surface area contributed by atoms with Crippen molar-refractivity contribution in [2.24, 2.45) is 0 Å². The quantitative estimate of drug-likeness (QED) is 0.773. The van der Waals surface area contributed by atoms with Crippen LogP contribution < -0.4 is 11.1 Å². The van der Waals surface area contributed by atoms with E-state index in [1.807, 2.05) is 24.4 Å². The predicted molar refractivity (Wildman–Crippen MR) is 104 cm³/mol. The van der Waals surface area contributed by atoms with Crippen molar-refractivity contribution in [1.82, 2.24) is 19.7 Å². The maximum absolute atomic E-state index is 14.3. The predicted octanol–water partition coefficient (Wildman–Crippen LogP) is 2.25. The molecule has 1 aliphatic carbocycles. The number of nitrogen functional groups attached to an aromatic ring is 1. The highest BCUT2D eigenvalue weighted by Gasteiger charge is 2.14. The first kappa shape index (κ1) is 18.1. The Balaban J connectivity index is 1.55. The average Bonchev–Trinajstić information content (AvgIpc) is 2.94. The molecular weight excluding hydrogens is 373 g/mol. The van der Waals surface area contributed by atoms with Gasteiger partial charge in [-0.3, -0.25) is 0 Å². The van der Waals surface area contributed by atoms with Crippen molar-refractivity contribution in [3.63, 3.8) is 0 Å². The van der Waals surface area contributed by atoms with E-state index in [-0.39, 0.29) is 23.1 Å². The third-order valence-electron chi connectivity index (χ3n) is 4.27. The van der Waals surface area contributed by atoms with Gasteiger partial charge in [0.15, 0.2) is 0 Å². The highest BCUT2D eigenvalue weighted by Crippen LogP contribution is 2.20. The van der Waals surface area contributed by atoms with E-state index in [0.29, 0.717) is 18.7 Å². The highest BCUT2D eigenvalue weighted by atomic mass is 19.1. The summed E-state index contributed by atoms with van der Waals surface area (Å²) in [5, 5.41) is 16.1. The molecule has 8 nitrogen and oxygen atoms in total. The van der Waals surface area contributed by atoms with Gasteiger partial charge < -0.3 is 20.7 Å². The summed E-state index contributed by atoms with van der Waals surface area (Å²) in [5.74, 6) is 5.69. The number of nitriles is 1. The van der Waals surface area contributed by atoms with Crippen LogP contribution in [0, 0.1) is 29.0 Å². The SMILES string of the molecule is N#Cc1ccc(-n2nc(NC3=CC=C(N4C=COCC4)CC#C3)nc2N)c(F)c1.